The van der Waals surface area contributed by atoms with Crippen molar-refractivity contribution < 1.29 is 51.8 Å². The number of aliphatic hydroxyl groups excluding tert-OH is 4. The van der Waals surface area contributed by atoms with Crippen LogP contribution in [0.4, 0.5) is 0 Å². The van der Waals surface area contributed by atoms with Crippen LogP contribution in [0.3, 0.4) is 0 Å². The maximum absolute atomic E-state index is 13.1. The summed E-state index contributed by atoms with van der Waals surface area (Å²) in [6, 6.07) is -0.858. The number of hydrogen-bond donors (Lipinski definition) is 6. The normalized spacial score (nSPS) is 19.9. The molecule has 1 amide bonds. The van der Waals surface area contributed by atoms with Crippen molar-refractivity contribution in [1.82, 2.24) is 5.32 Å². The highest BCUT2D eigenvalue weighted by molar-refractivity contribution is 7.80. The van der Waals surface area contributed by atoms with E-state index in [1.54, 1.807) is 0 Å². The van der Waals surface area contributed by atoms with E-state index in [1.165, 1.54) is 186 Å². The van der Waals surface area contributed by atoms with Crippen LogP contribution in [0.5, 0.6) is 0 Å². The molecular weight excluding hydrogens is 871 g/mol. The molecule has 1 aliphatic heterocycles. The highest BCUT2D eigenvalue weighted by Crippen LogP contribution is 2.26. The van der Waals surface area contributed by atoms with Crippen molar-refractivity contribution in [2.24, 2.45) is 0 Å². The second-order valence-electron chi connectivity index (χ2n) is 19.9. The second-order valence-corrected chi connectivity index (χ2v) is 20.9. The lowest BCUT2D eigenvalue weighted by molar-refractivity contribution is -0.298. The summed E-state index contributed by atoms with van der Waals surface area (Å²) >= 11 is 0. The molecule has 0 aromatic rings. The predicted molar refractivity (Wildman–Crippen MR) is 273 cm³/mol. The summed E-state index contributed by atoms with van der Waals surface area (Å²) in [5.41, 5.74) is 0. The Morgan fingerprint density at radius 3 is 1.34 bits per heavy atom. The van der Waals surface area contributed by atoms with E-state index in [1.807, 2.05) is 0 Å². The summed E-state index contributed by atoms with van der Waals surface area (Å²) in [7, 11) is -5.08. The molecule has 0 aliphatic carbocycles. The summed E-state index contributed by atoms with van der Waals surface area (Å²) in [6.07, 6.45) is 43.5. The molecule has 0 spiro atoms. The van der Waals surface area contributed by atoms with Crippen molar-refractivity contribution in [3.63, 3.8) is 0 Å². The van der Waals surface area contributed by atoms with Crippen LogP contribution in [0, 0.1) is 0 Å². The molecule has 7 atom stereocenters. The third-order valence-electron chi connectivity index (χ3n) is 13.6. The van der Waals surface area contributed by atoms with Crippen LogP contribution in [-0.4, -0.2) is 95.4 Å². The molecule has 67 heavy (non-hydrogen) atoms. The molecule has 0 saturated carbocycles. The first-order valence-electron chi connectivity index (χ1n) is 28.1. The number of carbonyl (C=O) groups excluding carboxylic acids is 1. The van der Waals surface area contributed by atoms with Gasteiger partial charge < -0.3 is 35.2 Å². The molecule has 1 rings (SSSR count). The van der Waals surface area contributed by atoms with Crippen LogP contribution < -0.4 is 5.32 Å². The second kappa shape index (κ2) is 44.8. The Morgan fingerprint density at radius 1 is 0.582 bits per heavy atom. The number of aliphatic hydroxyl groups is 4. The summed E-state index contributed by atoms with van der Waals surface area (Å²) in [6.45, 7) is 3.49. The third-order valence-corrected chi connectivity index (χ3v) is 14.0. The molecular formula is C54H105NO11S. The summed E-state index contributed by atoms with van der Waals surface area (Å²) in [4.78, 5) is 13.1. The lowest BCUT2D eigenvalue weighted by Crippen LogP contribution is -2.61. The molecule has 1 saturated heterocycles. The number of amides is 1. The lowest BCUT2D eigenvalue weighted by Gasteiger charge is -2.41. The fraction of sp³-hybridized carbons (Fsp3) is 0.944. The molecule has 1 fully saturated rings. The zero-order valence-electron chi connectivity index (χ0n) is 43.0. The van der Waals surface area contributed by atoms with Gasteiger partial charge >= 0.3 is 10.4 Å². The number of nitrogens with one attached hydrogen (secondary N) is 1. The number of unbranched alkanes of at least 4 members (excludes halogenated alkanes) is 35. The largest absolute Gasteiger partial charge is 0.397 e. The van der Waals surface area contributed by atoms with E-state index >= 15 is 0 Å². The molecule has 13 heteroatoms. The maximum atomic E-state index is 13.1. The van der Waals surface area contributed by atoms with Gasteiger partial charge in [-0.1, -0.05) is 238 Å². The number of rotatable bonds is 49. The lowest BCUT2D eigenvalue weighted by atomic mass is 9.99. The van der Waals surface area contributed by atoms with Crippen LogP contribution in [0.15, 0.2) is 12.2 Å². The van der Waals surface area contributed by atoms with Crippen molar-refractivity contribution in [2.75, 3.05) is 13.2 Å². The van der Waals surface area contributed by atoms with Crippen molar-refractivity contribution in [3.8, 4) is 0 Å². The summed E-state index contributed by atoms with van der Waals surface area (Å²) < 4.78 is 47.9. The van der Waals surface area contributed by atoms with Gasteiger partial charge in [0.2, 0.25) is 5.91 Å². The van der Waals surface area contributed by atoms with Gasteiger partial charge in [-0.2, -0.15) is 8.42 Å². The smallest absolute Gasteiger partial charge is 0.394 e. The van der Waals surface area contributed by atoms with Gasteiger partial charge in [0.25, 0.3) is 0 Å². The minimum Gasteiger partial charge on any atom is -0.394 e. The minimum absolute atomic E-state index is 0.230. The Bertz CT molecular complexity index is 1240. The Morgan fingerprint density at radius 2 is 0.955 bits per heavy atom. The van der Waals surface area contributed by atoms with Gasteiger partial charge in [-0.05, 0) is 38.5 Å². The van der Waals surface area contributed by atoms with E-state index in [0.29, 0.717) is 12.8 Å². The monoisotopic (exact) mass is 976 g/mol. The van der Waals surface area contributed by atoms with E-state index in [2.05, 4.69) is 35.5 Å². The molecule has 12 nitrogen and oxygen atoms in total. The Hall–Kier alpha value is -1.16. The number of hydrogen-bond acceptors (Lipinski definition) is 10. The quantitative estimate of drug-likeness (QED) is 0.0193. The molecule has 0 bridgehead atoms. The standard InChI is InChI=1S/C54H105NO11S/c1-3-5-7-9-11-13-15-17-19-21-23-24-26-28-30-32-34-36-38-40-42-44-50(58)55-47(46-64-54-52(60)53(66-67(61,62)63)51(59)49(45-56)65-54)48(57)43-41-39-37-35-33-31-29-27-25-22-20-18-16-14-12-10-8-6-4-2/h24,26,47-49,51-54,56-57,59-60H,3-23,25,27-46H2,1-2H3,(H,55,58)(H,61,62,63)/b26-24-. The van der Waals surface area contributed by atoms with Crippen LogP contribution in [0.1, 0.15) is 271 Å². The molecule has 398 valence electrons. The van der Waals surface area contributed by atoms with E-state index < -0.39 is 59.9 Å². The average molecular weight is 976 g/mol. The number of carbonyl (C=O) groups is 1. The van der Waals surface area contributed by atoms with Crippen molar-refractivity contribution in [2.45, 2.75) is 314 Å². The van der Waals surface area contributed by atoms with Crippen LogP contribution >= 0.6 is 0 Å². The van der Waals surface area contributed by atoms with Crippen LogP contribution in [-0.2, 0) is 28.9 Å². The highest BCUT2D eigenvalue weighted by Gasteiger charge is 2.48. The molecule has 6 N–H and O–H groups in total. The molecule has 0 aromatic heterocycles. The first-order chi connectivity index (χ1) is 32.5. The molecule has 1 heterocycles. The van der Waals surface area contributed by atoms with Gasteiger partial charge in [-0.3, -0.25) is 9.35 Å². The van der Waals surface area contributed by atoms with E-state index in [0.717, 1.165) is 51.4 Å². The summed E-state index contributed by atoms with van der Waals surface area (Å²) in [5, 5.41) is 45.1. The van der Waals surface area contributed by atoms with E-state index in [4.69, 9.17) is 9.47 Å². The fourth-order valence-electron chi connectivity index (χ4n) is 9.22. The zero-order valence-corrected chi connectivity index (χ0v) is 43.8. The first-order valence-corrected chi connectivity index (χ1v) is 29.4. The van der Waals surface area contributed by atoms with E-state index in [9.17, 15) is 38.2 Å². The zero-order chi connectivity index (χ0) is 49.1. The molecule has 7 unspecified atom stereocenters. The van der Waals surface area contributed by atoms with Gasteiger partial charge in [0, 0.05) is 6.42 Å². The Balaban J connectivity index is 2.38. The maximum Gasteiger partial charge on any atom is 0.397 e. The van der Waals surface area contributed by atoms with Crippen molar-refractivity contribution >= 4 is 16.3 Å². The third kappa shape index (κ3) is 37.3. The summed E-state index contributed by atoms with van der Waals surface area (Å²) in [5.74, 6) is -0.230. The van der Waals surface area contributed by atoms with E-state index in [-0.39, 0.29) is 18.9 Å². The minimum atomic E-state index is -5.08. The van der Waals surface area contributed by atoms with Gasteiger partial charge in [-0.15, -0.1) is 0 Å². The van der Waals surface area contributed by atoms with Gasteiger partial charge in [0.05, 0.1) is 25.4 Å². The predicted octanol–water partition coefficient (Wildman–Crippen LogP) is 12.7. The van der Waals surface area contributed by atoms with Crippen molar-refractivity contribution in [3.05, 3.63) is 12.2 Å². The molecule has 0 aromatic carbocycles. The first kappa shape index (κ1) is 63.9. The Labute approximate surface area is 410 Å². The average Bonchev–Trinajstić information content (AvgIpc) is 3.30. The molecule has 1 aliphatic rings. The van der Waals surface area contributed by atoms with Gasteiger partial charge in [0.1, 0.15) is 24.4 Å². The fourth-order valence-corrected chi connectivity index (χ4v) is 9.73. The number of ether oxygens (including phenoxy) is 2. The highest BCUT2D eigenvalue weighted by atomic mass is 32.3. The molecule has 0 radical (unpaired) electrons. The SMILES string of the molecule is CCCCCCCCCCCC/C=C\CCCCCCCCCC(=O)NC(COC1OC(CO)C(O)C(OS(=O)(=O)O)C1O)C(O)CCCCCCCCCCCCCCCCCCCCC. The van der Waals surface area contributed by atoms with Crippen LogP contribution in [0.25, 0.3) is 0 Å². The van der Waals surface area contributed by atoms with Crippen molar-refractivity contribution in [1.29, 1.82) is 0 Å². The number of allylic oxidation sites excluding steroid dienone is 2. The van der Waals surface area contributed by atoms with Gasteiger partial charge in [-0.25, -0.2) is 4.18 Å². The van der Waals surface area contributed by atoms with Crippen LogP contribution in [0.2, 0.25) is 0 Å². The Kier molecular flexibility index (Phi) is 42.7. The van der Waals surface area contributed by atoms with Gasteiger partial charge in [0.15, 0.2) is 6.29 Å². The topological polar surface area (TPSA) is 192 Å².